The number of nitrogens with zero attached hydrogens (tertiary/aromatic N) is 2. The van der Waals surface area contributed by atoms with Crippen LogP contribution in [0, 0.1) is 0 Å². The van der Waals surface area contributed by atoms with Crippen LogP contribution in [0.15, 0.2) is 23.2 Å². The van der Waals surface area contributed by atoms with Gasteiger partial charge in [0.05, 0.1) is 6.61 Å². The molecule has 0 saturated carbocycles. The van der Waals surface area contributed by atoms with Crippen LogP contribution in [0.5, 0.6) is 0 Å². The third-order valence-electron chi connectivity index (χ3n) is 2.84. The lowest BCUT2D eigenvalue weighted by atomic mass is 10.2. The zero-order valence-electron chi connectivity index (χ0n) is 9.08. The van der Waals surface area contributed by atoms with Gasteiger partial charge in [0.2, 0.25) is 10.0 Å². The minimum atomic E-state index is -3.56. The lowest BCUT2D eigenvalue weighted by Gasteiger charge is -2.22. The van der Waals surface area contributed by atoms with Crippen molar-refractivity contribution in [3.63, 3.8) is 0 Å². The van der Waals surface area contributed by atoms with E-state index in [0.29, 0.717) is 13.0 Å². The van der Waals surface area contributed by atoms with Crippen LogP contribution in [0.4, 0.5) is 0 Å². The second kappa shape index (κ2) is 4.89. The molecule has 2 rings (SSSR count). The molecule has 5 nitrogen and oxygen atoms in total. The van der Waals surface area contributed by atoms with Crippen LogP contribution in [0.3, 0.4) is 0 Å². The Labute approximate surface area is 105 Å². The molecular formula is C10H13ClN2O3S. The fraction of sp³-hybridized carbons (Fsp3) is 0.500. The molecule has 1 fully saturated rings. The molecule has 1 atom stereocenters. The summed E-state index contributed by atoms with van der Waals surface area (Å²) in [7, 11) is -3.56. The van der Waals surface area contributed by atoms with E-state index >= 15 is 0 Å². The highest BCUT2D eigenvalue weighted by atomic mass is 35.5. The number of hydrogen-bond donors (Lipinski definition) is 1. The first kappa shape index (κ1) is 12.8. The molecule has 0 bridgehead atoms. The summed E-state index contributed by atoms with van der Waals surface area (Å²) >= 11 is 5.62. The van der Waals surface area contributed by atoms with Gasteiger partial charge in [-0.25, -0.2) is 13.4 Å². The monoisotopic (exact) mass is 276 g/mol. The first-order chi connectivity index (χ1) is 8.05. The Morgan fingerprint density at radius 3 is 2.88 bits per heavy atom. The highest BCUT2D eigenvalue weighted by Crippen LogP contribution is 2.25. The van der Waals surface area contributed by atoms with E-state index in [-0.39, 0.29) is 22.7 Å². The highest BCUT2D eigenvalue weighted by Gasteiger charge is 2.34. The second-order valence-corrected chi connectivity index (χ2v) is 6.19. The van der Waals surface area contributed by atoms with Gasteiger partial charge in [0, 0.05) is 18.8 Å². The third kappa shape index (κ3) is 2.44. The predicted octanol–water partition coefficient (Wildman–Crippen LogP) is 0.880. The summed E-state index contributed by atoms with van der Waals surface area (Å²) in [6, 6.07) is 2.55. The number of aliphatic hydroxyl groups is 1. The molecule has 1 aliphatic heterocycles. The molecule has 0 radical (unpaired) electrons. The lowest BCUT2D eigenvalue weighted by molar-refractivity contribution is 0.213. The summed E-state index contributed by atoms with van der Waals surface area (Å²) in [5.41, 5.74) is 0. The molecule has 0 spiro atoms. The molecule has 2 heterocycles. The van der Waals surface area contributed by atoms with Crippen molar-refractivity contribution in [3.05, 3.63) is 23.5 Å². The Hall–Kier alpha value is -0.690. The number of hydrogen-bond acceptors (Lipinski definition) is 4. The minimum absolute atomic E-state index is 0.113. The van der Waals surface area contributed by atoms with E-state index in [1.807, 2.05) is 0 Å². The van der Waals surface area contributed by atoms with E-state index in [1.54, 1.807) is 0 Å². The van der Waals surface area contributed by atoms with Crippen molar-refractivity contribution >= 4 is 21.6 Å². The van der Waals surface area contributed by atoms with Crippen molar-refractivity contribution in [2.24, 2.45) is 0 Å². The molecule has 1 aliphatic rings. The Balaban J connectivity index is 2.33. The summed E-state index contributed by atoms with van der Waals surface area (Å²) in [6.07, 6.45) is 2.70. The van der Waals surface area contributed by atoms with Crippen molar-refractivity contribution in [2.45, 2.75) is 23.8 Å². The maximum Gasteiger partial charge on any atom is 0.244 e. The summed E-state index contributed by atoms with van der Waals surface area (Å²) in [5.74, 6) is 0. The average Bonchev–Trinajstić information content (AvgIpc) is 2.78. The molecular weight excluding hydrogens is 264 g/mol. The standard InChI is InChI=1S/C10H13ClN2O3S/c11-10-4-3-9(6-12-10)17(15,16)13-5-1-2-8(13)7-14/h3-4,6,8,14H,1-2,5,7H2. The van der Waals surface area contributed by atoms with Crippen LogP contribution >= 0.6 is 11.6 Å². The Bertz CT molecular complexity index is 489. The first-order valence-corrected chi connectivity index (χ1v) is 7.12. The average molecular weight is 277 g/mol. The molecule has 17 heavy (non-hydrogen) atoms. The number of aromatic nitrogens is 1. The van der Waals surface area contributed by atoms with Gasteiger partial charge in [-0.3, -0.25) is 0 Å². The maximum absolute atomic E-state index is 12.2. The Kier molecular flexibility index (Phi) is 3.67. The van der Waals surface area contributed by atoms with Crippen molar-refractivity contribution in [3.8, 4) is 0 Å². The molecule has 1 aromatic rings. The molecule has 1 saturated heterocycles. The van der Waals surface area contributed by atoms with Crippen molar-refractivity contribution in [1.29, 1.82) is 0 Å². The number of pyridine rings is 1. The van der Waals surface area contributed by atoms with Gasteiger partial charge in [-0.1, -0.05) is 11.6 Å². The normalized spacial score (nSPS) is 21.9. The van der Waals surface area contributed by atoms with Crippen LogP contribution in [-0.2, 0) is 10.0 Å². The van der Waals surface area contributed by atoms with Crippen molar-refractivity contribution in [2.75, 3.05) is 13.2 Å². The van der Waals surface area contributed by atoms with Gasteiger partial charge in [0.15, 0.2) is 0 Å². The molecule has 0 aliphatic carbocycles. The van der Waals surface area contributed by atoms with Crippen LogP contribution in [0.2, 0.25) is 5.15 Å². The largest absolute Gasteiger partial charge is 0.395 e. The number of halogens is 1. The zero-order valence-corrected chi connectivity index (χ0v) is 10.7. The first-order valence-electron chi connectivity index (χ1n) is 5.30. The van der Waals surface area contributed by atoms with E-state index in [0.717, 1.165) is 6.42 Å². The number of rotatable bonds is 3. The topological polar surface area (TPSA) is 70.5 Å². The quantitative estimate of drug-likeness (QED) is 0.832. The SMILES string of the molecule is O=S(=O)(c1ccc(Cl)nc1)N1CCCC1CO. The number of aliphatic hydroxyl groups excluding tert-OH is 1. The summed E-state index contributed by atoms with van der Waals surface area (Å²) < 4.78 is 25.8. The van der Waals surface area contributed by atoms with Crippen LogP contribution in [0.25, 0.3) is 0 Å². The smallest absolute Gasteiger partial charge is 0.244 e. The summed E-state index contributed by atoms with van der Waals surface area (Å²) in [6.45, 7) is 0.288. The Morgan fingerprint density at radius 2 is 2.29 bits per heavy atom. The molecule has 1 aromatic heterocycles. The molecule has 7 heteroatoms. The zero-order chi connectivity index (χ0) is 12.5. The second-order valence-electron chi connectivity index (χ2n) is 3.91. The van der Waals surface area contributed by atoms with E-state index < -0.39 is 10.0 Å². The molecule has 0 amide bonds. The molecule has 0 aromatic carbocycles. The van der Waals surface area contributed by atoms with Crippen LogP contribution in [-0.4, -0.2) is 42.0 Å². The van der Waals surface area contributed by atoms with E-state index in [9.17, 15) is 8.42 Å². The fourth-order valence-corrected chi connectivity index (χ4v) is 3.70. The van der Waals surface area contributed by atoms with Gasteiger partial charge in [0.1, 0.15) is 10.0 Å². The molecule has 94 valence electrons. The summed E-state index contributed by atoms with van der Waals surface area (Å²) in [5, 5.41) is 9.40. The highest BCUT2D eigenvalue weighted by molar-refractivity contribution is 7.89. The van der Waals surface area contributed by atoms with Gasteiger partial charge in [-0.05, 0) is 25.0 Å². The van der Waals surface area contributed by atoms with E-state index in [4.69, 9.17) is 16.7 Å². The van der Waals surface area contributed by atoms with Crippen molar-refractivity contribution in [1.82, 2.24) is 9.29 Å². The van der Waals surface area contributed by atoms with Gasteiger partial charge in [-0.2, -0.15) is 4.31 Å². The van der Waals surface area contributed by atoms with Gasteiger partial charge in [0.25, 0.3) is 0 Å². The number of sulfonamides is 1. The maximum atomic E-state index is 12.2. The van der Waals surface area contributed by atoms with Gasteiger partial charge < -0.3 is 5.11 Å². The molecule has 1 N–H and O–H groups in total. The molecule has 1 unspecified atom stereocenters. The predicted molar refractivity (Wildman–Crippen MR) is 63.2 cm³/mol. The third-order valence-corrected chi connectivity index (χ3v) is 5.00. The lowest BCUT2D eigenvalue weighted by Crippen LogP contribution is -2.37. The fourth-order valence-electron chi connectivity index (χ4n) is 1.96. The van der Waals surface area contributed by atoms with E-state index in [1.165, 1.54) is 22.6 Å². The Morgan fingerprint density at radius 1 is 1.53 bits per heavy atom. The van der Waals surface area contributed by atoms with E-state index in [2.05, 4.69) is 4.98 Å². The van der Waals surface area contributed by atoms with Crippen LogP contribution in [0.1, 0.15) is 12.8 Å². The minimum Gasteiger partial charge on any atom is -0.395 e. The van der Waals surface area contributed by atoms with Crippen LogP contribution < -0.4 is 0 Å². The summed E-state index contributed by atoms with van der Waals surface area (Å²) in [4.78, 5) is 3.88. The van der Waals surface area contributed by atoms with Gasteiger partial charge in [-0.15, -0.1) is 0 Å². The van der Waals surface area contributed by atoms with Gasteiger partial charge >= 0.3 is 0 Å². The van der Waals surface area contributed by atoms with Crippen molar-refractivity contribution < 1.29 is 13.5 Å².